The van der Waals surface area contributed by atoms with E-state index in [0.29, 0.717) is 13.0 Å². The van der Waals surface area contributed by atoms with Crippen LogP contribution in [0.2, 0.25) is 0 Å². The first-order valence-electron chi connectivity index (χ1n) is 5.53. The summed E-state index contributed by atoms with van der Waals surface area (Å²) in [5, 5.41) is 10.00. The van der Waals surface area contributed by atoms with E-state index in [4.69, 9.17) is 9.47 Å². The van der Waals surface area contributed by atoms with Gasteiger partial charge in [0, 0.05) is 0 Å². The average molecular weight is 218 g/mol. The van der Waals surface area contributed by atoms with Crippen molar-refractivity contribution in [3.63, 3.8) is 0 Å². The van der Waals surface area contributed by atoms with E-state index in [1.165, 1.54) is 0 Å². The lowest BCUT2D eigenvalue weighted by molar-refractivity contribution is -0.234. The van der Waals surface area contributed by atoms with Crippen LogP contribution in [-0.2, 0) is 14.3 Å². The minimum Gasteiger partial charge on any atom is -0.466 e. The number of carbonyl (C=O) groups is 1. The van der Waals surface area contributed by atoms with Gasteiger partial charge in [0.15, 0.2) is 5.79 Å². The van der Waals surface area contributed by atoms with Crippen LogP contribution in [0.5, 0.6) is 0 Å². The average Bonchev–Trinajstić information content (AvgIpc) is 2.17. The molecule has 0 aliphatic rings. The molecule has 2 unspecified atom stereocenters. The fourth-order valence-electron chi connectivity index (χ4n) is 1.15. The zero-order chi connectivity index (χ0) is 11.9. The monoisotopic (exact) mass is 218 g/mol. The highest BCUT2D eigenvalue weighted by Crippen LogP contribution is 2.20. The van der Waals surface area contributed by atoms with Crippen LogP contribution in [0.25, 0.3) is 0 Å². The van der Waals surface area contributed by atoms with Crippen molar-refractivity contribution in [2.45, 2.75) is 58.8 Å². The van der Waals surface area contributed by atoms with Crippen LogP contribution in [-0.4, -0.2) is 29.6 Å². The maximum Gasteiger partial charge on any atom is 0.311 e. The molecular formula is C11H22O4. The van der Waals surface area contributed by atoms with Gasteiger partial charge in [-0.25, -0.2) is 0 Å². The van der Waals surface area contributed by atoms with Crippen LogP contribution in [0.1, 0.15) is 47.0 Å². The number of ether oxygens (including phenoxy) is 2. The molecule has 1 N–H and O–H groups in total. The van der Waals surface area contributed by atoms with E-state index in [9.17, 15) is 9.90 Å². The Morgan fingerprint density at radius 3 is 2.40 bits per heavy atom. The van der Waals surface area contributed by atoms with E-state index in [1.807, 2.05) is 13.8 Å². The van der Waals surface area contributed by atoms with Crippen molar-refractivity contribution in [2.75, 3.05) is 6.61 Å². The second kappa shape index (κ2) is 6.80. The van der Waals surface area contributed by atoms with E-state index in [1.54, 1.807) is 13.8 Å². The molecule has 4 nitrogen and oxygen atoms in total. The number of carbonyl (C=O) groups excluding carboxylic acids is 1. The minimum atomic E-state index is -1.39. The predicted octanol–water partition coefficient (Wildman–Crippen LogP) is 1.85. The molecule has 0 aliphatic carbocycles. The summed E-state index contributed by atoms with van der Waals surface area (Å²) in [6.07, 6.45) is 0.993. The molecule has 0 fully saturated rings. The Bertz CT molecular complexity index is 193. The maximum atomic E-state index is 11.2. The van der Waals surface area contributed by atoms with Gasteiger partial charge >= 0.3 is 5.97 Å². The molecule has 0 rings (SSSR count). The fourth-order valence-corrected chi connectivity index (χ4v) is 1.15. The Hall–Kier alpha value is -0.610. The van der Waals surface area contributed by atoms with Gasteiger partial charge in [-0.2, -0.15) is 0 Å². The van der Waals surface area contributed by atoms with Crippen molar-refractivity contribution in [3.8, 4) is 0 Å². The highest BCUT2D eigenvalue weighted by atomic mass is 16.6. The highest BCUT2D eigenvalue weighted by Gasteiger charge is 2.31. The third kappa shape index (κ3) is 5.74. The summed E-state index contributed by atoms with van der Waals surface area (Å²) in [4.78, 5) is 11.2. The molecule has 0 aromatic rings. The summed E-state index contributed by atoms with van der Waals surface area (Å²) in [6.45, 7) is 7.67. The van der Waals surface area contributed by atoms with Crippen LogP contribution in [0.4, 0.5) is 0 Å². The number of hydrogen-bond donors (Lipinski definition) is 1. The maximum absolute atomic E-state index is 11.2. The zero-order valence-corrected chi connectivity index (χ0v) is 10.1. The predicted molar refractivity (Wildman–Crippen MR) is 57.3 cm³/mol. The van der Waals surface area contributed by atoms with Gasteiger partial charge in [-0.15, -0.1) is 0 Å². The van der Waals surface area contributed by atoms with Gasteiger partial charge in [-0.3, -0.25) is 4.79 Å². The number of esters is 1. The summed E-state index contributed by atoms with van der Waals surface area (Å²) in [5.74, 6) is -1.81. The van der Waals surface area contributed by atoms with Gasteiger partial charge in [0.25, 0.3) is 0 Å². The smallest absolute Gasteiger partial charge is 0.311 e. The van der Waals surface area contributed by atoms with Gasteiger partial charge < -0.3 is 14.6 Å². The van der Waals surface area contributed by atoms with Gasteiger partial charge in [0.05, 0.1) is 19.1 Å². The number of rotatable bonds is 7. The Kier molecular flexibility index (Phi) is 6.52. The fraction of sp³-hybridized carbons (Fsp3) is 0.909. The van der Waals surface area contributed by atoms with Gasteiger partial charge in [0.1, 0.15) is 0 Å². The third-order valence-electron chi connectivity index (χ3n) is 2.27. The lowest BCUT2D eigenvalue weighted by atomic mass is 10.1. The second-order valence-corrected chi connectivity index (χ2v) is 3.62. The molecule has 0 amide bonds. The van der Waals surface area contributed by atoms with Crippen molar-refractivity contribution < 1.29 is 19.4 Å². The lowest BCUT2D eigenvalue weighted by Gasteiger charge is -2.29. The Balaban J connectivity index is 4.23. The Labute approximate surface area is 91.6 Å². The van der Waals surface area contributed by atoms with Crippen molar-refractivity contribution in [3.05, 3.63) is 0 Å². The Morgan fingerprint density at radius 1 is 1.40 bits per heavy atom. The molecule has 0 radical (unpaired) electrons. The molecule has 2 atom stereocenters. The molecular weight excluding hydrogens is 196 g/mol. The largest absolute Gasteiger partial charge is 0.466 e. The van der Waals surface area contributed by atoms with E-state index >= 15 is 0 Å². The molecule has 4 heteroatoms. The van der Waals surface area contributed by atoms with Crippen molar-refractivity contribution in [2.24, 2.45) is 0 Å². The van der Waals surface area contributed by atoms with Crippen LogP contribution in [0.3, 0.4) is 0 Å². The summed E-state index contributed by atoms with van der Waals surface area (Å²) in [7, 11) is 0. The molecule has 0 spiro atoms. The standard InChI is InChI=1S/C11H22O4/c1-5-9(4)15-11(13,6-2)8-10(12)14-7-3/h9,13H,5-8H2,1-4H3. The summed E-state index contributed by atoms with van der Waals surface area (Å²) < 4.78 is 10.2. The molecule has 0 aromatic heterocycles. The topological polar surface area (TPSA) is 55.8 Å². The van der Waals surface area contributed by atoms with Gasteiger partial charge in [-0.1, -0.05) is 13.8 Å². The molecule has 90 valence electrons. The van der Waals surface area contributed by atoms with Crippen molar-refractivity contribution >= 4 is 5.97 Å². The number of hydrogen-bond acceptors (Lipinski definition) is 4. The first-order valence-corrected chi connectivity index (χ1v) is 5.53. The molecule has 0 aromatic carbocycles. The molecule has 0 saturated heterocycles. The first-order chi connectivity index (χ1) is 6.97. The first kappa shape index (κ1) is 14.4. The molecule has 0 saturated carbocycles. The van der Waals surface area contributed by atoms with E-state index < -0.39 is 11.8 Å². The van der Waals surface area contributed by atoms with Crippen LogP contribution >= 0.6 is 0 Å². The summed E-state index contributed by atoms with van der Waals surface area (Å²) in [5.41, 5.74) is 0. The van der Waals surface area contributed by atoms with Gasteiger partial charge in [0.2, 0.25) is 0 Å². The number of aliphatic hydroxyl groups is 1. The Morgan fingerprint density at radius 2 is 2.00 bits per heavy atom. The minimum absolute atomic E-state index is 0.0654. The molecule has 0 heterocycles. The van der Waals surface area contributed by atoms with Gasteiger partial charge in [-0.05, 0) is 26.7 Å². The molecule has 0 bridgehead atoms. The zero-order valence-electron chi connectivity index (χ0n) is 10.1. The van der Waals surface area contributed by atoms with Crippen molar-refractivity contribution in [1.82, 2.24) is 0 Å². The summed E-state index contributed by atoms with van der Waals surface area (Å²) in [6, 6.07) is 0. The van der Waals surface area contributed by atoms with E-state index in [0.717, 1.165) is 6.42 Å². The van der Waals surface area contributed by atoms with Crippen LogP contribution in [0.15, 0.2) is 0 Å². The highest BCUT2D eigenvalue weighted by molar-refractivity contribution is 5.70. The van der Waals surface area contributed by atoms with Crippen LogP contribution in [0, 0.1) is 0 Å². The molecule has 0 aliphatic heterocycles. The lowest BCUT2D eigenvalue weighted by Crippen LogP contribution is -2.37. The normalized spacial score (nSPS) is 16.9. The van der Waals surface area contributed by atoms with E-state index in [2.05, 4.69) is 0 Å². The third-order valence-corrected chi connectivity index (χ3v) is 2.27. The van der Waals surface area contributed by atoms with Crippen molar-refractivity contribution in [1.29, 1.82) is 0 Å². The van der Waals surface area contributed by atoms with Crippen LogP contribution < -0.4 is 0 Å². The SMILES string of the molecule is CCOC(=O)CC(O)(CC)OC(C)CC. The molecule has 15 heavy (non-hydrogen) atoms. The second-order valence-electron chi connectivity index (χ2n) is 3.62. The quantitative estimate of drug-likeness (QED) is 0.523. The summed E-state index contributed by atoms with van der Waals surface area (Å²) >= 11 is 0. The van der Waals surface area contributed by atoms with E-state index in [-0.39, 0.29) is 12.5 Å².